The molecule has 102 valence electrons. The van der Waals surface area contributed by atoms with Crippen LogP contribution in [0.15, 0.2) is 46.9 Å². The molecular formula is C15H15N3S2. The Hall–Kier alpha value is -1.33. The van der Waals surface area contributed by atoms with Gasteiger partial charge >= 0.3 is 0 Å². The summed E-state index contributed by atoms with van der Waals surface area (Å²) in [6.07, 6.45) is 1.86. The highest BCUT2D eigenvalue weighted by Gasteiger charge is 2.43. The molecule has 2 aromatic heterocycles. The SMILES string of the molecule is C[C@@H]1CN2C(=N[C@@H](c3ccccn3)[C@@H]2c2cccs2)S1. The van der Waals surface area contributed by atoms with Crippen LogP contribution in [0.2, 0.25) is 0 Å². The molecule has 2 aliphatic heterocycles. The van der Waals surface area contributed by atoms with Crippen molar-refractivity contribution < 1.29 is 0 Å². The van der Waals surface area contributed by atoms with Crippen LogP contribution in [-0.4, -0.2) is 26.8 Å². The summed E-state index contributed by atoms with van der Waals surface area (Å²) in [7, 11) is 0. The highest BCUT2D eigenvalue weighted by atomic mass is 32.2. The van der Waals surface area contributed by atoms with Crippen molar-refractivity contribution in [2.24, 2.45) is 4.99 Å². The van der Waals surface area contributed by atoms with E-state index in [-0.39, 0.29) is 6.04 Å². The van der Waals surface area contributed by atoms with E-state index >= 15 is 0 Å². The van der Waals surface area contributed by atoms with E-state index in [4.69, 9.17) is 4.99 Å². The Bertz CT molecular complexity index is 624. The average molecular weight is 301 g/mol. The van der Waals surface area contributed by atoms with Crippen molar-refractivity contribution in [3.63, 3.8) is 0 Å². The molecular weight excluding hydrogens is 286 g/mol. The molecule has 0 spiro atoms. The number of rotatable bonds is 2. The van der Waals surface area contributed by atoms with Crippen LogP contribution in [0, 0.1) is 0 Å². The lowest BCUT2D eigenvalue weighted by Gasteiger charge is -2.25. The average Bonchev–Trinajstić information content (AvgIpc) is 3.14. The molecule has 0 saturated carbocycles. The Balaban J connectivity index is 1.77. The van der Waals surface area contributed by atoms with Crippen molar-refractivity contribution in [1.29, 1.82) is 0 Å². The summed E-state index contributed by atoms with van der Waals surface area (Å²) >= 11 is 3.71. The quantitative estimate of drug-likeness (QED) is 0.846. The van der Waals surface area contributed by atoms with E-state index < -0.39 is 0 Å². The molecule has 0 unspecified atom stereocenters. The normalized spacial score (nSPS) is 28.6. The number of nitrogens with zero attached hydrogens (tertiary/aromatic N) is 3. The Labute approximate surface area is 126 Å². The van der Waals surface area contributed by atoms with Gasteiger partial charge in [-0.1, -0.05) is 30.8 Å². The minimum Gasteiger partial charge on any atom is -0.340 e. The molecule has 2 aliphatic rings. The van der Waals surface area contributed by atoms with Crippen molar-refractivity contribution in [1.82, 2.24) is 9.88 Å². The van der Waals surface area contributed by atoms with Gasteiger partial charge in [0.05, 0.1) is 11.7 Å². The van der Waals surface area contributed by atoms with Gasteiger partial charge in [0.2, 0.25) is 0 Å². The summed E-state index contributed by atoms with van der Waals surface area (Å²) in [5.74, 6) is 0. The number of hydrogen-bond donors (Lipinski definition) is 0. The number of amidine groups is 1. The predicted molar refractivity (Wildman–Crippen MR) is 85.2 cm³/mol. The van der Waals surface area contributed by atoms with E-state index in [0.717, 1.165) is 12.2 Å². The zero-order chi connectivity index (χ0) is 13.5. The highest BCUT2D eigenvalue weighted by Crippen LogP contribution is 2.48. The minimum absolute atomic E-state index is 0.129. The molecule has 0 N–H and O–H groups in total. The van der Waals surface area contributed by atoms with Gasteiger partial charge in [0, 0.05) is 22.9 Å². The maximum atomic E-state index is 4.96. The fraction of sp³-hybridized carbons (Fsp3) is 0.333. The second kappa shape index (κ2) is 4.90. The molecule has 2 aromatic rings. The number of thiophene rings is 1. The van der Waals surface area contributed by atoms with Crippen LogP contribution < -0.4 is 0 Å². The topological polar surface area (TPSA) is 28.5 Å². The zero-order valence-electron chi connectivity index (χ0n) is 11.1. The lowest BCUT2D eigenvalue weighted by molar-refractivity contribution is 0.326. The largest absolute Gasteiger partial charge is 0.340 e. The monoisotopic (exact) mass is 301 g/mol. The Morgan fingerprint density at radius 2 is 2.20 bits per heavy atom. The molecule has 3 atom stereocenters. The second-order valence-corrected chi connectivity index (χ2v) is 7.54. The molecule has 3 nitrogen and oxygen atoms in total. The minimum atomic E-state index is 0.129. The Morgan fingerprint density at radius 3 is 2.95 bits per heavy atom. The summed E-state index contributed by atoms with van der Waals surface area (Å²) in [6.45, 7) is 3.35. The first-order valence-electron chi connectivity index (χ1n) is 6.78. The van der Waals surface area contributed by atoms with E-state index in [2.05, 4.69) is 40.4 Å². The van der Waals surface area contributed by atoms with Crippen molar-refractivity contribution in [2.75, 3.05) is 6.54 Å². The van der Waals surface area contributed by atoms with Gasteiger partial charge in [0.1, 0.15) is 6.04 Å². The second-order valence-electron chi connectivity index (χ2n) is 5.15. The van der Waals surface area contributed by atoms with Gasteiger partial charge in [-0.15, -0.1) is 11.3 Å². The first-order chi connectivity index (χ1) is 9.83. The van der Waals surface area contributed by atoms with Gasteiger partial charge < -0.3 is 4.90 Å². The molecule has 5 heteroatoms. The smallest absolute Gasteiger partial charge is 0.160 e. The van der Waals surface area contributed by atoms with E-state index in [9.17, 15) is 0 Å². The van der Waals surface area contributed by atoms with Crippen LogP contribution >= 0.6 is 23.1 Å². The van der Waals surface area contributed by atoms with Crippen molar-refractivity contribution >= 4 is 28.3 Å². The fourth-order valence-corrected chi connectivity index (χ4v) is 4.84. The highest BCUT2D eigenvalue weighted by molar-refractivity contribution is 8.14. The lowest BCUT2D eigenvalue weighted by Crippen LogP contribution is -2.27. The molecule has 1 fully saturated rings. The Kier molecular flexibility index (Phi) is 3.04. The van der Waals surface area contributed by atoms with E-state index in [0.29, 0.717) is 11.3 Å². The summed E-state index contributed by atoms with van der Waals surface area (Å²) in [4.78, 5) is 13.3. The first-order valence-corrected chi connectivity index (χ1v) is 8.54. The van der Waals surface area contributed by atoms with Crippen molar-refractivity contribution in [3.05, 3.63) is 52.5 Å². The number of fused-ring (bicyclic) bond motifs is 1. The molecule has 0 amide bonds. The molecule has 1 saturated heterocycles. The summed E-state index contributed by atoms with van der Waals surface area (Å²) in [5, 5.41) is 3.96. The van der Waals surface area contributed by atoms with Crippen LogP contribution in [-0.2, 0) is 0 Å². The maximum Gasteiger partial charge on any atom is 0.160 e. The predicted octanol–water partition coefficient (Wildman–Crippen LogP) is 3.73. The van der Waals surface area contributed by atoms with Crippen LogP contribution in [0.3, 0.4) is 0 Å². The summed E-state index contributed by atoms with van der Waals surface area (Å²) in [6, 6.07) is 10.9. The number of aromatic nitrogens is 1. The number of hydrogen-bond acceptors (Lipinski definition) is 5. The van der Waals surface area contributed by atoms with Gasteiger partial charge in [-0.3, -0.25) is 9.98 Å². The molecule has 0 aliphatic carbocycles. The fourth-order valence-electron chi connectivity index (χ4n) is 2.88. The third-order valence-corrected chi connectivity index (χ3v) is 5.76. The van der Waals surface area contributed by atoms with E-state index in [1.165, 1.54) is 10.0 Å². The van der Waals surface area contributed by atoms with Crippen LogP contribution in [0.5, 0.6) is 0 Å². The number of thioether (sulfide) groups is 1. The van der Waals surface area contributed by atoms with Gasteiger partial charge in [0.25, 0.3) is 0 Å². The third kappa shape index (κ3) is 1.96. The van der Waals surface area contributed by atoms with E-state index in [1.807, 2.05) is 41.4 Å². The van der Waals surface area contributed by atoms with Crippen LogP contribution in [0.1, 0.15) is 29.6 Å². The third-order valence-electron chi connectivity index (χ3n) is 3.72. The maximum absolute atomic E-state index is 4.96. The summed E-state index contributed by atoms with van der Waals surface area (Å²) < 4.78 is 0. The van der Waals surface area contributed by atoms with Gasteiger partial charge in [-0.05, 0) is 23.6 Å². The number of aliphatic imine (C=N–C) groups is 1. The van der Waals surface area contributed by atoms with Gasteiger partial charge in [-0.2, -0.15) is 0 Å². The van der Waals surface area contributed by atoms with Crippen LogP contribution in [0.4, 0.5) is 0 Å². The summed E-state index contributed by atoms with van der Waals surface area (Å²) in [5.41, 5.74) is 1.07. The van der Waals surface area contributed by atoms with Gasteiger partial charge in [0.15, 0.2) is 5.17 Å². The Morgan fingerprint density at radius 1 is 1.25 bits per heavy atom. The first kappa shape index (κ1) is 12.4. The zero-order valence-corrected chi connectivity index (χ0v) is 12.8. The van der Waals surface area contributed by atoms with Crippen LogP contribution in [0.25, 0.3) is 0 Å². The molecule has 0 aromatic carbocycles. The molecule has 4 heterocycles. The number of pyridine rings is 1. The van der Waals surface area contributed by atoms with Crippen molar-refractivity contribution in [2.45, 2.75) is 24.3 Å². The standard InChI is InChI=1S/C15H15N3S2/c1-10-9-18-14(12-6-4-8-19-12)13(17-15(18)20-10)11-5-2-3-7-16-11/h2-8,10,13-14H,9H2,1H3/t10-,13+,14+/m1/s1. The van der Waals surface area contributed by atoms with Crippen molar-refractivity contribution in [3.8, 4) is 0 Å². The van der Waals surface area contributed by atoms with E-state index in [1.54, 1.807) is 0 Å². The molecule has 4 rings (SSSR count). The molecule has 0 bridgehead atoms. The lowest BCUT2D eigenvalue weighted by atomic mass is 10.0. The molecule has 20 heavy (non-hydrogen) atoms. The molecule has 0 radical (unpaired) electrons. The van der Waals surface area contributed by atoms with Gasteiger partial charge in [-0.25, -0.2) is 0 Å².